The molecule has 0 radical (unpaired) electrons. The number of amides is 1. The van der Waals surface area contributed by atoms with Gasteiger partial charge in [0.15, 0.2) is 5.13 Å². The lowest BCUT2D eigenvalue weighted by Gasteiger charge is -2.34. The van der Waals surface area contributed by atoms with Crippen molar-refractivity contribution < 1.29 is 18.3 Å². The molecule has 4 rings (SSSR count). The van der Waals surface area contributed by atoms with E-state index in [2.05, 4.69) is 15.2 Å². The van der Waals surface area contributed by atoms with Crippen LogP contribution in [-0.4, -0.2) is 62.2 Å². The molecule has 1 amide bonds. The van der Waals surface area contributed by atoms with E-state index in [0.717, 1.165) is 18.7 Å². The van der Waals surface area contributed by atoms with Gasteiger partial charge in [-0.2, -0.15) is 0 Å². The summed E-state index contributed by atoms with van der Waals surface area (Å²) < 4.78 is 35.5. The Balaban J connectivity index is 1.53. The highest BCUT2D eigenvalue weighted by Gasteiger charge is 2.32. The molecule has 0 spiro atoms. The molecule has 0 aliphatic carbocycles. The fourth-order valence-electron chi connectivity index (χ4n) is 4.19. The number of thiazole rings is 1. The van der Waals surface area contributed by atoms with E-state index in [1.165, 1.54) is 23.5 Å². The van der Waals surface area contributed by atoms with E-state index >= 15 is 0 Å². The summed E-state index contributed by atoms with van der Waals surface area (Å²) in [5, 5.41) is 4.68. The summed E-state index contributed by atoms with van der Waals surface area (Å²) in [6.45, 7) is 7.87. The molecule has 1 aliphatic heterocycles. The van der Waals surface area contributed by atoms with Gasteiger partial charge in [-0.1, -0.05) is 30.3 Å². The fourth-order valence-corrected chi connectivity index (χ4v) is 5.02. The fraction of sp³-hybridized carbons (Fsp3) is 0.385. The zero-order chi connectivity index (χ0) is 25.0. The third kappa shape index (κ3) is 5.52. The zero-order valence-electron chi connectivity index (χ0n) is 20.2. The predicted molar refractivity (Wildman–Crippen MR) is 136 cm³/mol. The Morgan fingerprint density at radius 1 is 1.14 bits per heavy atom. The monoisotopic (exact) mass is 500 g/mol. The molecule has 1 unspecified atom stereocenters. The minimum absolute atomic E-state index is 0.269. The number of carbonyl (C=O) groups is 1. The standard InChI is InChI=1S/C26H30F2N4O2S/c1-4-34-17-26(2,18-8-6-5-7-9-18)22-16-35-25(29-22)30-24(33)23-20(27)14-19(15-21(23)28)32-12-10-31(3)11-13-32/h5-9,14-16H,4,10-13,17H2,1-3H3,(H,29,30,33). The van der Waals surface area contributed by atoms with Crippen molar-refractivity contribution in [3.63, 3.8) is 0 Å². The number of anilines is 2. The van der Waals surface area contributed by atoms with E-state index in [9.17, 15) is 13.6 Å². The van der Waals surface area contributed by atoms with Gasteiger partial charge >= 0.3 is 0 Å². The van der Waals surface area contributed by atoms with Crippen LogP contribution in [0.5, 0.6) is 0 Å². The number of rotatable bonds is 8. The molecule has 186 valence electrons. The number of benzene rings is 2. The summed E-state index contributed by atoms with van der Waals surface area (Å²) in [5.41, 5.74) is 1.02. The molecular formula is C26H30F2N4O2S. The largest absolute Gasteiger partial charge is 0.380 e. The lowest BCUT2D eigenvalue weighted by molar-refractivity contribution is 0.101. The molecular weight excluding hydrogens is 470 g/mol. The normalized spacial score (nSPS) is 16.2. The summed E-state index contributed by atoms with van der Waals surface area (Å²) >= 11 is 1.21. The van der Waals surface area contributed by atoms with Gasteiger partial charge in [0.05, 0.1) is 17.7 Å². The van der Waals surface area contributed by atoms with E-state index < -0.39 is 28.5 Å². The molecule has 0 bridgehead atoms. The molecule has 2 aromatic carbocycles. The number of nitrogens with zero attached hydrogens (tertiary/aromatic N) is 3. The van der Waals surface area contributed by atoms with Crippen molar-refractivity contribution >= 4 is 28.1 Å². The molecule has 9 heteroatoms. The predicted octanol–water partition coefficient (Wildman–Crippen LogP) is 4.77. The van der Waals surface area contributed by atoms with Crippen molar-refractivity contribution in [1.29, 1.82) is 0 Å². The van der Waals surface area contributed by atoms with Gasteiger partial charge < -0.3 is 14.5 Å². The topological polar surface area (TPSA) is 57.7 Å². The first-order valence-corrected chi connectivity index (χ1v) is 12.5. The van der Waals surface area contributed by atoms with Crippen molar-refractivity contribution in [3.05, 3.63) is 76.3 Å². The van der Waals surface area contributed by atoms with Crippen LogP contribution in [0.2, 0.25) is 0 Å². The van der Waals surface area contributed by atoms with Gasteiger partial charge in [-0.25, -0.2) is 13.8 Å². The average Bonchev–Trinajstić information content (AvgIpc) is 3.32. The van der Waals surface area contributed by atoms with Gasteiger partial charge in [0.2, 0.25) is 0 Å². The van der Waals surface area contributed by atoms with Crippen LogP contribution in [-0.2, 0) is 10.2 Å². The van der Waals surface area contributed by atoms with Crippen molar-refractivity contribution in [2.24, 2.45) is 0 Å². The molecule has 0 saturated carbocycles. The molecule has 1 atom stereocenters. The van der Waals surface area contributed by atoms with Crippen molar-refractivity contribution in [1.82, 2.24) is 9.88 Å². The highest BCUT2D eigenvalue weighted by atomic mass is 32.1. The second-order valence-electron chi connectivity index (χ2n) is 8.90. The van der Waals surface area contributed by atoms with Crippen molar-refractivity contribution in [3.8, 4) is 0 Å². The zero-order valence-corrected chi connectivity index (χ0v) is 21.0. The lowest BCUT2D eigenvalue weighted by atomic mass is 9.81. The van der Waals surface area contributed by atoms with Crippen molar-refractivity contribution in [2.75, 3.05) is 56.7 Å². The quantitative estimate of drug-likeness (QED) is 0.483. The SMILES string of the molecule is CCOCC(C)(c1ccccc1)c1csc(NC(=O)c2c(F)cc(N3CCN(C)CC3)cc2F)n1. The van der Waals surface area contributed by atoms with Gasteiger partial charge in [0.1, 0.15) is 17.2 Å². The summed E-state index contributed by atoms with van der Waals surface area (Å²) in [4.78, 5) is 21.5. The number of hydrogen-bond acceptors (Lipinski definition) is 6. The van der Waals surface area contributed by atoms with Crippen LogP contribution in [0.1, 0.15) is 35.5 Å². The number of piperazine rings is 1. The van der Waals surface area contributed by atoms with E-state index in [1.54, 1.807) is 0 Å². The summed E-state index contributed by atoms with van der Waals surface area (Å²) in [5.74, 6) is -2.64. The molecule has 1 aliphatic rings. The van der Waals surface area contributed by atoms with Crippen LogP contribution < -0.4 is 10.2 Å². The van der Waals surface area contributed by atoms with Gasteiger partial charge in [-0.05, 0) is 38.6 Å². The Morgan fingerprint density at radius 2 is 1.80 bits per heavy atom. The third-order valence-electron chi connectivity index (χ3n) is 6.42. The van der Waals surface area contributed by atoms with Crippen molar-refractivity contribution in [2.45, 2.75) is 19.3 Å². The van der Waals surface area contributed by atoms with Gasteiger partial charge in [-0.3, -0.25) is 10.1 Å². The molecule has 35 heavy (non-hydrogen) atoms. The first-order valence-electron chi connectivity index (χ1n) is 11.6. The minimum Gasteiger partial charge on any atom is -0.380 e. The van der Waals surface area contributed by atoms with Crippen LogP contribution in [0.15, 0.2) is 47.8 Å². The smallest absolute Gasteiger partial charge is 0.263 e. The molecule has 6 nitrogen and oxygen atoms in total. The average molecular weight is 501 g/mol. The second-order valence-corrected chi connectivity index (χ2v) is 9.76. The highest BCUT2D eigenvalue weighted by molar-refractivity contribution is 7.14. The van der Waals surface area contributed by atoms with Crippen LogP contribution in [0.4, 0.5) is 19.6 Å². The number of nitrogens with one attached hydrogen (secondary N) is 1. The maximum atomic E-state index is 14.9. The molecule has 1 fully saturated rings. The van der Waals surface area contributed by atoms with E-state index in [0.29, 0.717) is 37.7 Å². The Labute approximate surface area is 208 Å². The summed E-state index contributed by atoms with van der Waals surface area (Å²) in [7, 11) is 2.01. The third-order valence-corrected chi connectivity index (χ3v) is 7.18. The number of aromatic nitrogens is 1. The molecule has 1 saturated heterocycles. The van der Waals surface area contributed by atoms with E-state index in [1.807, 2.05) is 61.5 Å². The summed E-state index contributed by atoms with van der Waals surface area (Å²) in [6.07, 6.45) is 0. The molecule has 3 aromatic rings. The molecule has 2 heterocycles. The van der Waals surface area contributed by atoms with Gasteiger partial charge in [0, 0.05) is 43.9 Å². The Morgan fingerprint density at radius 3 is 2.43 bits per heavy atom. The minimum atomic E-state index is -0.890. The van der Waals surface area contributed by atoms with Crippen LogP contribution in [0.3, 0.4) is 0 Å². The number of halogens is 2. The van der Waals surface area contributed by atoms with Crippen LogP contribution in [0.25, 0.3) is 0 Å². The number of carbonyl (C=O) groups excluding carboxylic acids is 1. The van der Waals surface area contributed by atoms with E-state index in [4.69, 9.17) is 4.74 Å². The second kappa shape index (κ2) is 10.8. The molecule has 1 aromatic heterocycles. The number of likely N-dealkylation sites (N-methyl/N-ethyl adjacent to an activating group) is 1. The first-order chi connectivity index (χ1) is 16.8. The lowest BCUT2D eigenvalue weighted by Crippen LogP contribution is -2.44. The highest BCUT2D eigenvalue weighted by Crippen LogP contribution is 2.34. The maximum Gasteiger partial charge on any atom is 0.263 e. The number of ether oxygens (including phenoxy) is 1. The van der Waals surface area contributed by atoms with Crippen LogP contribution >= 0.6 is 11.3 Å². The van der Waals surface area contributed by atoms with Gasteiger partial charge in [0.25, 0.3) is 5.91 Å². The van der Waals surface area contributed by atoms with Crippen LogP contribution in [0, 0.1) is 11.6 Å². The number of hydrogen-bond donors (Lipinski definition) is 1. The summed E-state index contributed by atoms with van der Waals surface area (Å²) in [6, 6.07) is 12.3. The maximum absolute atomic E-state index is 14.9. The van der Waals surface area contributed by atoms with E-state index in [-0.39, 0.29) is 5.13 Å². The Bertz CT molecular complexity index is 1140. The Kier molecular flexibility index (Phi) is 7.78. The first kappa shape index (κ1) is 25.2. The van der Waals surface area contributed by atoms with Gasteiger partial charge in [-0.15, -0.1) is 11.3 Å². The Hall–Kier alpha value is -2.88. The molecule has 1 N–H and O–H groups in total.